The Labute approximate surface area is 99.8 Å². The summed E-state index contributed by atoms with van der Waals surface area (Å²) >= 11 is 0. The minimum atomic E-state index is -0.366. The number of amides is 2. The van der Waals surface area contributed by atoms with Crippen LogP contribution in [0.2, 0.25) is 0 Å². The van der Waals surface area contributed by atoms with Gasteiger partial charge in [-0.05, 0) is 19.1 Å². The number of anilines is 1. The fourth-order valence-electron chi connectivity index (χ4n) is 1.32. The van der Waals surface area contributed by atoms with E-state index in [0.29, 0.717) is 12.2 Å². The van der Waals surface area contributed by atoms with E-state index in [0.717, 1.165) is 0 Å². The Bertz CT molecular complexity index is 420. The molecular weight excluding hydrogens is 220 g/mol. The molecule has 0 radical (unpaired) electrons. The highest BCUT2D eigenvalue weighted by Gasteiger charge is 2.17. The lowest BCUT2D eigenvalue weighted by Crippen LogP contribution is -2.38. The zero-order valence-electron chi connectivity index (χ0n) is 9.93. The van der Waals surface area contributed by atoms with Crippen LogP contribution in [0.25, 0.3) is 0 Å². The first-order valence-corrected chi connectivity index (χ1v) is 5.29. The van der Waals surface area contributed by atoms with Crippen molar-refractivity contribution in [2.24, 2.45) is 0 Å². The number of carbonyl (C=O) groups is 2. The molecule has 0 spiro atoms. The fourth-order valence-corrected chi connectivity index (χ4v) is 1.32. The maximum atomic E-state index is 11.9. The summed E-state index contributed by atoms with van der Waals surface area (Å²) in [5.41, 5.74) is 6.11. The first-order chi connectivity index (χ1) is 8.06. The molecule has 0 saturated heterocycles. The van der Waals surface area contributed by atoms with Gasteiger partial charge in [-0.15, -0.1) is 0 Å². The van der Waals surface area contributed by atoms with E-state index in [1.54, 1.807) is 12.1 Å². The van der Waals surface area contributed by atoms with Crippen molar-refractivity contribution >= 4 is 17.5 Å². The van der Waals surface area contributed by atoms with Gasteiger partial charge < -0.3 is 16.0 Å². The average molecular weight is 236 g/mol. The van der Waals surface area contributed by atoms with E-state index >= 15 is 0 Å². The van der Waals surface area contributed by atoms with Gasteiger partial charge in [-0.3, -0.25) is 9.59 Å². The maximum absolute atomic E-state index is 11.9. The quantitative estimate of drug-likeness (QED) is 0.762. The van der Waals surface area contributed by atoms with Gasteiger partial charge in [-0.2, -0.15) is 0 Å². The van der Waals surface area contributed by atoms with E-state index in [-0.39, 0.29) is 24.1 Å². The summed E-state index contributed by atoms with van der Waals surface area (Å²) < 4.78 is 0. The summed E-state index contributed by atoms with van der Waals surface area (Å²) in [5.74, 6) is -0.577. The van der Waals surface area contributed by atoms with Gasteiger partial charge >= 0.3 is 0 Å². The lowest BCUT2D eigenvalue weighted by Gasteiger charge is -2.16. The molecule has 92 valence electrons. The van der Waals surface area contributed by atoms with E-state index in [2.05, 4.69) is 10.3 Å². The van der Waals surface area contributed by atoms with E-state index in [9.17, 15) is 9.59 Å². The van der Waals surface area contributed by atoms with Crippen molar-refractivity contribution in [2.75, 3.05) is 25.9 Å². The second-order valence-electron chi connectivity index (χ2n) is 3.56. The Hall–Kier alpha value is -2.11. The molecule has 0 bridgehead atoms. The van der Waals surface area contributed by atoms with Crippen molar-refractivity contribution in [1.82, 2.24) is 15.2 Å². The van der Waals surface area contributed by atoms with E-state index in [1.807, 2.05) is 6.92 Å². The Kier molecular flexibility index (Phi) is 4.45. The van der Waals surface area contributed by atoms with Crippen LogP contribution in [0.3, 0.4) is 0 Å². The fraction of sp³-hybridized carbons (Fsp3) is 0.364. The minimum Gasteiger partial charge on any atom is -0.397 e. The number of nitrogens with zero attached hydrogens (tertiary/aromatic N) is 2. The zero-order chi connectivity index (χ0) is 12.8. The monoisotopic (exact) mass is 236 g/mol. The van der Waals surface area contributed by atoms with E-state index < -0.39 is 0 Å². The molecule has 0 saturated carbocycles. The van der Waals surface area contributed by atoms with E-state index in [1.165, 1.54) is 18.1 Å². The predicted molar refractivity (Wildman–Crippen MR) is 64.3 cm³/mol. The van der Waals surface area contributed by atoms with Crippen LogP contribution in [0, 0.1) is 0 Å². The van der Waals surface area contributed by atoms with Crippen LogP contribution in [-0.4, -0.2) is 41.8 Å². The second kappa shape index (κ2) is 5.83. The predicted octanol–water partition coefficient (Wildman–Crippen LogP) is -0.128. The first kappa shape index (κ1) is 13.0. The molecule has 6 heteroatoms. The summed E-state index contributed by atoms with van der Waals surface area (Å²) in [4.78, 5) is 28.4. The Morgan fingerprint density at radius 3 is 2.82 bits per heavy atom. The number of carbonyl (C=O) groups excluding carboxylic acids is 2. The van der Waals surface area contributed by atoms with Gasteiger partial charge in [0.25, 0.3) is 5.91 Å². The number of hydrogen-bond donors (Lipinski definition) is 2. The van der Waals surface area contributed by atoms with Gasteiger partial charge in [-0.25, -0.2) is 4.98 Å². The van der Waals surface area contributed by atoms with Crippen LogP contribution in [0.15, 0.2) is 18.3 Å². The van der Waals surface area contributed by atoms with Crippen LogP contribution in [0.4, 0.5) is 5.69 Å². The highest BCUT2D eigenvalue weighted by atomic mass is 16.2. The van der Waals surface area contributed by atoms with Gasteiger partial charge in [0.2, 0.25) is 5.91 Å². The summed E-state index contributed by atoms with van der Waals surface area (Å²) in [6.45, 7) is 2.34. The summed E-state index contributed by atoms with van der Waals surface area (Å²) in [5, 5.41) is 2.61. The smallest absolute Gasteiger partial charge is 0.274 e. The third-order valence-electron chi connectivity index (χ3n) is 2.14. The number of hydrogen-bond acceptors (Lipinski definition) is 4. The van der Waals surface area contributed by atoms with Gasteiger partial charge in [0.05, 0.1) is 12.2 Å². The Morgan fingerprint density at radius 2 is 2.24 bits per heavy atom. The minimum absolute atomic E-state index is 0.0112. The molecule has 17 heavy (non-hydrogen) atoms. The molecule has 0 aliphatic heterocycles. The molecule has 2 amide bonds. The Balaban J connectivity index is 2.70. The second-order valence-corrected chi connectivity index (χ2v) is 3.56. The highest BCUT2D eigenvalue weighted by molar-refractivity contribution is 5.98. The van der Waals surface area contributed by atoms with Crippen LogP contribution < -0.4 is 11.1 Å². The van der Waals surface area contributed by atoms with Crippen LogP contribution >= 0.6 is 0 Å². The third-order valence-corrected chi connectivity index (χ3v) is 2.14. The summed E-state index contributed by atoms with van der Waals surface area (Å²) in [6.07, 6.45) is 1.49. The molecule has 3 N–H and O–H groups in total. The molecule has 1 aromatic rings. The van der Waals surface area contributed by atoms with Crippen molar-refractivity contribution in [3.05, 3.63) is 24.0 Å². The van der Waals surface area contributed by atoms with Gasteiger partial charge in [0.15, 0.2) is 5.69 Å². The number of pyridine rings is 1. The molecule has 1 heterocycles. The zero-order valence-corrected chi connectivity index (χ0v) is 9.93. The number of likely N-dealkylation sites (N-methyl/N-ethyl adjacent to an activating group) is 2. The topological polar surface area (TPSA) is 88.3 Å². The Morgan fingerprint density at radius 1 is 1.53 bits per heavy atom. The first-order valence-electron chi connectivity index (χ1n) is 5.29. The highest BCUT2D eigenvalue weighted by Crippen LogP contribution is 2.09. The maximum Gasteiger partial charge on any atom is 0.274 e. The summed E-state index contributed by atoms with van der Waals surface area (Å²) in [6, 6.07) is 3.25. The van der Waals surface area contributed by atoms with E-state index in [4.69, 9.17) is 5.73 Å². The number of nitrogens with one attached hydrogen (secondary N) is 1. The average Bonchev–Trinajstić information content (AvgIpc) is 2.29. The third kappa shape index (κ3) is 3.44. The van der Waals surface area contributed by atoms with Crippen molar-refractivity contribution in [1.29, 1.82) is 0 Å². The van der Waals surface area contributed by atoms with Crippen LogP contribution in [0.1, 0.15) is 17.4 Å². The molecule has 0 unspecified atom stereocenters. The van der Waals surface area contributed by atoms with Crippen molar-refractivity contribution < 1.29 is 9.59 Å². The van der Waals surface area contributed by atoms with Gasteiger partial charge in [0.1, 0.15) is 0 Å². The molecule has 0 fully saturated rings. The molecule has 6 nitrogen and oxygen atoms in total. The molecular formula is C11H16N4O2. The SMILES string of the molecule is CCNC(=O)CN(C)C(=O)c1ncccc1N. The van der Waals surface area contributed by atoms with Crippen LogP contribution in [-0.2, 0) is 4.79 Å². The number of rotatable bonds is 4. The molecule has 1 rings (SSSR count). The molecule has 1 aromatic heterocycles. The molecule has 0 aromatic carbocycles. The van der Waals surface area contributed by atoms with Gasteiger partial charge in [0, 0.05) is 19.8 Å². The molecule has 0 aliphatic rings. The largest absolute Gasteiger partial charge is 0.397 e. The normalized spacial score (nSPS) is 9.76. The molecule has 0 atom stereocenters. The number of nitrogen functional groups attached to an aromatic ring is 1. The van der Waals surface area contributed by atoms with Crippen molar-refractivity contribution in [3.8, 4) is 0 Å². The standard InChI is InChI=1S/C11H16N4O2/c1-3-13-9(16)7-15(2)11(17)10-8(12)5-4-6-14-10/h4-6H,3,7,12H2,1-2H3,(H,13,16). The lowest BCUT2D eigenvalue weighted by atomic mass is 10.2. The molecule has 0 aliphatic carbocycles. The van der Waals surface area contributed by atoms with Gasteiger partial charge in [-0.1, -0.05) is 0 Å². The van der Waals surface area contributed by atoms with Crippen LogP contribution in [0.5, 0.6) is 0 Å². The number of aromatic nitrogens is 1. The van der Waals surface area contributed by atoms with Crippen molar-refractivity contribution in [3.63, 3.8) is 0 Å². The lowest BCUT2D eigenvalue weighted by molar-refractivity contribution is -0.121. The van der Waals surface area contributed by atoms with Crippen molar-refractivity contribution in [2.45, 2.75) is 6.92 Å². The number of nitrogens with two attached hydrogens (primary N) is 1. The summed E-state index contributed by atoms with van der Waals surface area (Å²) in [7, 11) is 1.53.